The highest BCUT2D eigenvalue weighted by atomic mass is 16.3. The summed E-state index contributed by atoms with van der Waals surface area (Å²) in [6.07, 6.45) is 2.24. The number of phenols is 1. The molecule has 0 radical (unpaired) electrons. The van der Waals surface area contributed by atoms with Crippen molar-refractivity contribution in [3.05, 3.63) is 66.2 Å². The van der Waals surface area contributed by atoms with E-state index in [1.165, 1.54) is 18.2 Å². The highest BCUT2D eigenvalue weighted by Crippen LogP contribution is 2.24. The molecule has 0 bridgehead atoms. The molecule has 0 saturated heterocycles. The van der Waals surface area contributed by atoms with E-state index in [1.54, 1.807) is 49.4 Å². The van der Waals surface area contributed by atoms with E-state index in [4.69, 9.17) is 5.73 Å². The Hall–Kier alpha value is -2.79. The smallest absolute Gasteiger partial charge is 0.248 e. The lowest BCUT2D eigenvalue weighted by molar-refractivity contribution is -0.111. The number of nitrogens with one attached hydrogen (secondary N) is 1. The van der Waals surface area contributed by atoms with Crippen molar-refractivity contribution in [2.45, 2.75) is 13.0 Å². The van der Waals surface area contributed by atoms with Crippen molar-refractivity contribution >= 4 is 17.3 Å². The van der Waals surface area contributed by atoms with Crippen LogP contribution < -0.4 is 11.1 Å². The molecule has 0 aliphatic rings. The molecular formula is C18H20N2O3. The van der Waals surface area contributed by atoms with E-state index < -0.39 is 6.10 Å². The molecule has 5 heteroatoms. The van der Waals surface area contributed by atoms with E-state index in [0.717, 1.165) is 0 Å². The average Bonchev–Trinajstić information content (AvgIpc) is 2.55. The van der Waals surface area contributed by atoms with E-state index in [0.29, 0.717) is 16.9 Å². The van der Waals surface area contributed by atoms with Crippen LogP contribution in [0.25, 0.3) is 0 Å². The second kappa shape index (κ2) is 7.47. The summed E-state index contributed by atoms with van der Waals surface area (Å²) in [7, 11) is 0. The first-order valence-corrected chi connectivity index (χ1v) is 7.28. The molecule has 2 aromatic carbocycles. The number of carbonyl (C=O) groups is 1. The molecule has 0 saturated carbocycles. The van der Waals surface area contributed by atoms with Crippen molar-refractivity contribution in [2.24, 2.45) is 5.92 Å². The Labute approximate surface area is 135 Å². The van der Waals surface area contributed by atoms with Gasteiger partial charge in [0.25, 0.3) is 0 Å². The monoisotopic (exact) mass is 312 g/mol. The zero-order valence-corrected chi connectivity index (χ0v) is 12.8. The summed E-state index contributed by atoms with van der Waals surface area (Å²) < 4.78 is 0. The second-order valence-electron chi connectivity index (χ2n) is 5.33. The Morgan fingerprint density at radius 2 is 1.83 bits per heavy atom. The zero-order valence-electron chi connectivity index (χ0n) is 12.8. The first kappa shape index (κ1) is 16.6. The average molecular weight is 312 g/mol. The quantitative estimate of drug-likeness (QED) is 0.504. The number of amides is 1. The second-order valence-corrected chi connectivity index (χ2v) is 5.33. The number of rotatable bonds is 5. The maximum Gasteiger partial charge on any atom is 0.248 e. The lowest BCUT2D eigenvalue weighted by atomic mass is 9.97. The van der Waals surface area contributed by atoms with Crippen LogP contribution in [0.4, 0.5) is 11.4 Å². The van der Waals surface area contributed by atoms with E-state index in [9.17, 15) is 15.0 Å². The number of carbonyl (C=O) groups excluding carboxylic acids is 1. The molecule has 0 heterocycles. The molecule has 5 nitrogen and oxygen atoms in total. The van der Waals surface area contributed by atoms with Crippen LogP contribution in [-0.4, -0.2) is 16.1 Å². The Kier molecular flexibility index (Phi) is 5.38. The van der Waals surface area contributed by atoms with Crippen LogP contribution in [0.3, 0.4) is 0 Å². The first-order chi connectivity index (χ1) is 11.0. The Bertz CT molecular complexity index is 696. The van der Waals surface area contributed by atoms with Crippen molar-refractivity contribution in [1.29, 1.82) is 0 Å². The van der Waals surface area contributed by atoms with Gasteiger partial charge in [0.15, 0.2) is 0 Å². The number of aromatic hydroxyl groups is 1. The van der Waals surface area contributed by atoms with Gasteiger partial charge in [0.1, 0.15) is 5.75 Å². The largest absolute Gasteiger partial charge is 0.508 e. The molecule has 23 heavy (non-hydrogen) atoms. The van der Waals surface area contributed by atoms with E-state index in [2.05, 4.69) is 5.32 Å². The van der Waals surface area contributed by atoms with Gasteiger partial charge >= 0.3 is 0 Å². The van der Waals surface area contributed by atoms with Gasteiger partial charge in [0, 0.05) is 5.92 Å². The SMILES string of the molecule is C[C@@H](/C=C/C(=O)Nc1ccccc1N)[C@H](O)c1ccc(O)cc1. The number of phenolic OH excluding ortho intramolecular Hbond substituents is 1. The summed E-state index contributed by atoms with van der Waals surface area (Å²) in [5.41, 5.74) is 7.48. The maximum atomic E-state index is 11.9. The fraction of sp³-hybridized carbons (Fsp3) is 0.167. The van der Waals surface area contributed by atoms with Gasteiger partial charge in [-0.2, -0.15) is 0 Å². The summed E-state index contributed by atoms with van der Waals surface area (Å²) in [6, 6.07) is 13.3. The number of hydrogen-bond donors (Lipinski definition) is 4. The van der Waals surface area contributed by atoms with Gasteiger partial charge in [-0.3, -0.25) is 4.79 Å². The van der Waals surface area contributed by atoms with Gasteiger partial charge < -0.3 is 21.3 Å². The number of para-hydroxylation sites is 2. The molecule has 2 atom stereocenters. The highest BCUT2D eigenvalue weighted by Gasteiger charge is 2.14. The van der Waals surface area contributed by atoms with Gasteiger partial charge in [-0.1, -0.05) is 37.3 Å². The minimum Gasteiger partial charge on any atom is -0.508 e. The van der Waals surface area contributed by atoms with Crippen LogP contribution in [-0.2, 0) is 4.79 Å². The third kappa shape index (κ3) is 4.59. The molecule has 0 aromatic heterocycles. The minimum atomic E-state index is -0.763. The number of hydrogen-bond acceptors (Lipinski definition) is 4. The Morgan fingerprint density at radius 1 is 1.17 bits per heavy atom. The first-order valence-electron chi connectivity index (χ1n) is 7.28. The molecule has 2 rings (SSSR count). The number of aliphatic hydroxyl groups is 1. The van der Waals surface area contributed by atoms with Crippen molar-refractivity contribution < 1.29 is 15.0 Å². The number of aliphatic hydroxyl groups excluding tert-OH is 1. The van der Waals surface area contributed by atoms with Crippen LogP contribution in [0.2, 0.25) is 0 Å². The third-order valence-electron chi connectivity index (χ3n) is 3.50. The molecule has 0 unspecified atom stereocenters. The van der Waals surface area contributed by atoms with Crippen LogP contribution in [0.1, 0.15) is 18.6 Å². The van der Waals surface area contributed by atoms with Crippen LogP contribution in [0.15, 0.2) is 60.7 Å². The maximum absolute atomic E-state index is 11.9. The lowest BCUT2D eigenvalue weighted by Gasteiger charge is -2.16. The van der Waals surface area contributed by atoms with E-state index in [-0.39, 0.29) is 17.6 Å². The normalized spacial score (nSPS) is 13.7. The highest BCUT2D eigenvalue weighted by molar-refractivity contribution is 6.01. The molecule has 0 fully saturated rings. The standard InChI is InChI=1S/C18H20N2O3/c1-12(18(23)13-7-9-14(21)10-8-13)6-11-17(22)20-16-5-3-2-4-15(16)19/h2-12,18,21,23H,19H2,1H3,(H,20,22)/b11-6+/t12-,18-/m0/s1. The van der Waals surface area contributed by atoms with Crippen molar-refractivity contribution in [3.63, 3.8) is 0 Å². The molecule has 5 N–H and O–H groups in total. The summed E-state index contributed by atoms with van der Waals surface area (Å²) in [6.45, 7) is 1.80. The van der Waals surface area contributed by atoms with Crippen LogP contribution in [0, 0.1) is 5.92 Å². The molecule has 0 spiro atoms. The molecular weight excluding hydrogens is 292 g/mol. The topological polar surface area (TPSA) is 95.6 Å². The Morgan fingerprint density at radius 3 is 2.48 bits per heavy atom. The van der Waals surface area contributed by atoms with Crippen LogP contribution >= 0.6 is 0 Å². The summed E-state index contributed by atoms with van der Waals surface area (Å²) >= 11 is 0. The fourth-order valence-electron chi connectivity index (χ4n) is 2.10. The number of anilines is 2. The molecule has 0 aliphatic heterocycles. The van der Waals surface area contributed by atoms with Gasteiger partial charge in [-0.15, -0.1) is 0 Å². The predicted octanol–water partition coefficient (Wildman–Crippen LogP) is 2.84. The van der Waals surface area contributed by atoms with Crippen LogP contribution in [0.5, 0.6) is 5.75 Å². The van der Waals surface area contributed by atoms with E-state index in [1.807, 2.05) is 0 Å². The summed E-state index contributed by atoms with van der Waals surface area (Å²) in [5.74, 6) is -0.435. The van der Waals surface area contributed by atoms with Gasteiger partial charge in [0.05, 0.1) is 17.5 Å². The van der Waals surface area contributed by atoms with E-state index >= 15 is 0 Å². The number of nitrogen functional groups attached to an aromatic ring is 1. The van der Waals surface area contributed by atoms with Gasteiger partial charge in [-0.05, 0) is 35.9 Å². The minimum absolute atomic E-state index is 0.143. The number of nitrogens with two attached hydrogens (primary N) is 1. The summed E-state index contributed by atoms with van der Waals surface area (Å²) in [4.78, 5) is 11.9. The van der Waals surface area contributed by atoms with Gasteiger partial charge in [-0.25, -0.2) is 0 Å². The molecule has 120 valence electrons. The van der Waals surface area contributed by atoms with Crippen molar-refractivity contribution in [3.8, 4) is 5.75 Å². The zero-order chi connectivity index (χ0) is 16.8. The summed E-state index contributed by atoms with van der Waals surface area (Å²) in [5, 5.41) is 22.2. The Balaban J connectivity index is 1.97. The van der Waals surface area contributed by atoms with Gasteiger partial charge in [0.2, 0.25) is 5.91 Å². The number of benzene rings is 2. The third-order valence-corrected chi connectivity index (χ3v) is 3.50. The molecule has 1 amide bonds. The fourth-order valence-corrected chi connectivity index (χ4v) is 2.10. The van der Waals surface area contributed by atoms with Crippen molar-refractivity contribution in [2.75, 3.05) is 11.1 Å². The lowest BCUT2D eigenvalue weighted by Crippen LogP contribution is -2.11. The molecule has 2 aromatic rings. The molecule has 0 aliphatic carbocycles. The van der Waals surface area contributed by atoms with Crippen molar-refractivity contribution in [1.82, 2.24) is 0 Å². The predicted molar refractivity (Wildman–Crippen MR) is 90.9 cm³/mol.